The molecule has 0 bridgehead atoms. The van der Waals surface area contributed by atoms with Crippen molar-refractivity contribution >= 4 is 28.6 Å². The van der Waals surface area contributed by atoms with E-state index >= 15 is 0 Å². The SMILES string of the molecule is CN(c1ncnc2[nH]ccc12)C1CC(CSCC2CC(C)(C#N)C2)C1. The molecule has 5 nitrogen and oxygen atoms in total. The Balaban J connectivity index is 1.22. The Hall–Kier alpha value is -1.74. The smallest absolute Gasteiger partial charge is 0.142 e. The molecule has 2 aliphatic rings. The highest BCUT2D eigenvalue weighted by Crippen LogP contribution is 2.46. The number of aromatic amines is 1. The van der Waals surface area contributed by atoms with Crippen LogP contribution in [0.2, 0.25) is 0 Å². The summed E-state index contributed by atoms with van der Waals surface area (Å²) in [4.78, 5) is 14.2. The van der Waals surface area contributed by atoms with Crippen molar-refractivity contribution in [3.8, 4) is 6.07 Å². The first kappa shape index (κ1) is 16.7. The molecule has 2 heterocycles. The van der Waals surface area contributed by atoms with Gasteiger partial charge in [-0.15, -0.1) is 0 Å². The number of rotatable bonds is 6. The molecular formula is C19H25N5S. The van der Waals surface area contributed by atoms with Crippen LogP contribution in [0.25, 0.3) is 11.0 Å². The highest BCUT2D eigenvalue weighted by molar-refractivity contribution is 7.99. The van der Waals surface area contributed by atoms with Crippen LogP contribution in [0.5, 0.6) is 0 Å². The van der Waals surface area contributed by atoms with E-state index in [1.807, 2.05) is 6.20 Å². The predicted octanol–water partition coefficient (Wildman–Crippen LogP) is 3.85. The molecule has 0 unspecified atom stereocenters. The normalized spacial score (nSPS) is 31.2. The summed E-state index contributed by atoms with van der Waals surface area (Å²) in [7, 11) is 2.15. The van der Waals surface area contributed by atoms with E-state index < -0.39 is 0 Å². The second kappa shape index (κ2) is 6.53. The third-order valence-corrected chi connectivity index (χ3v) is 7.30. The third-order valence-electron chi connectivity index (χ3n) is 5.88. The van der Waals surface area contributed by atoms with Gasteiger partial charge >= 0.3 is 0 Å². The van der Waals surface area contributed by atoms with E-state index in [0.29, 0.717) is 6.04 Å². The molecule has 132 valence electrons. The van der Waals surface area contributed by atoms with Crippen LogP contribution < -0.4 is 4.90 Å². The first-order valence-electron chi connectivity index (χ1n) is 9.08. The van der Waals surface area contributed by atoms with Gasteiger partial charge in [-0.3, -0.25) is 0 Å². The zero-order valence-electron chi connectivity index (χ0n) is 14.9. The van der Waals surface area contributed by atoms with E-state index in [1.54, 1.807) is 6.33 Å². The highest BCUT2D eigenvalue weighted by Gasteiger charge is 2.40. The lowest BCUT2D eigenvalue weighted by Crippen LogP contribution is -2.44. The van der Waals surface area contributed by atoms with Crippen molar-refractivity contribution < 1.29 is 0 Å². The zero-order valence-corrected chi connectivity index (χ0v) is 15.7. The Labute approximate surface area is 153 Å². The number of anilines is 1. The van der Waals surface area contributed by atoms with E-state index in [9.17, 15) is 0 Å². The Bertz CT molecular complexity index is 782. The molecule has 0 spiro atoms. The summed E-state index contributed by atoms with van der Waals surface area (Å²) >= 11 is 2.09. The van der Waals surface area contributed by atoms with Crippen LogP contribution >= 0.6 is 11.8 Å². The fraction of sp³-hybridized carbons (Fsp3) is 0.632. The van der Waals surface area contributed by atoms with Crippen molar-refractivity contribution in [1.29, 1.82) is 5.26 Å². The molecule has 2 saturated carbocycles. The molecule has 6 heteroatoms. The van der Waals surface area contributed by atoms with Crippen LogP contribution in [0, 0.1) is 28.6 Å². The van der Waals surface area contributed by atoms with Gasteiger partial charge in [0.15, 0.2) is 0 Å². The van der Waals surface area contributed by atoms with E-state index in [1.165, 1.54) is 24.3 Å². The number of hydrogen-bond donors (Lipinski definition) is 1. The van der Waals surface area contributed by atoms with Gasteiger partial charge in [0.05, 0.1) is 16.9 Å². The number of nitrogens with one attached hydrogen (secondary N) is 1. The number of H-pyrrole nitrogens is 1. The van der Waals surface area contributed by atoms with E-state index in [4.69, 9.17) is 5.26 Å². The summed E-state index contributed by atoms with van der Waals surface area (Å²) < 4.78 is 0. The van der Waals surface area contributed by atoms with Gasteiger partial charge in [-0.2, -0.15) is 17.0 Å². The molecule has 0 amide bonds. The summed E-state index contributed by atoms with van der Waals surface area (Å²) in [5.41, 5.74) is 0.879. The first-order chi connectivity index (χ1) is 12.1. The van der Waals surface area contributed by atoms with E-state index in [0.717, 1.165) is 41.5 Å². The fourth-order valence-electron chi connectivity index (χ4n) is 4.29. The molecule has 2 aromatic heterocycles. The number of fused-ring (bicyclic) bond motifs is 1. The third kappa shape index (κ3) is 3.22. The minimum absolute atomic E-state index is 0.0311. The van der Waals surface area contributed by atoms with Gasteiger partial charge < -0.3 is 9.88 Å². The lowest BCUT2D eigenvalue weighted by atomic mass is 9.65. The molecular weight excluding hydrogens is 330 g/mol. The molecule has 2 fully saturated rings. The predicted molar refractivity (Wildman–Crippen MR) is 103 cm³/mol. The second-order valence-electron chi connectivity index (χ2n) is 8.02. The van der Waals surface area contributed by atoms with Crippen molar-refractivity contribution in [3.05, 3.63) is 18.6 Å². The lowest BCUT2D eigenvalue weighted by Gasteiger charge is -2.43. The number of nitriles is 1. The molecule has 0 aliphatic heterocycles. The molecule has 2 aliphatic carbocycles. The molecule has 1 N–H and O–H groups in total. The lowest BCUT2D eigenvalue weighted by molar-refractivity contribution is 0.158. The molecule has 0 aromatic carbocycles. The van der Waals surface area contributed by atoms with Crippen LogP contribution in [0.15, 0.2) is 18.6 Å². The number of thioether (sulfide) groups is 1. The first-order valence-corrected chi connectivity index (χ1v) is 10.2. The van der Waals surface area contributed by atoms with Gasteiger partial charge in [0.2, 0.25) is 0 Å². The fourth-order valence-corrected chi connectivity index (χ4v) is 5.60. The van der Waals surface area contributed by atoms with Gasteiger partial charge in [0.25, 0.3) is 0 Å². The van der Waals surface area contributed by atoms with Gasteiger partial charge in [-0.25, -0.2) is 9.97 Å². The highest BCUT2D eigenvalue weighted by atomic mass is 32.2. The van der Waals surface area contributed by atoms with Gasteiger partial charge in [0.1, 0.15) is 17.8 Å². The standard InChI is InChI=1S/C19H25N5S/c1-19(11-20)7-14(8-19)10-25-9-13-5-15(6-13)24(2)18-16-3-4-21-17(16)22-12-23-18/h3-4,12-15H,5-10H2,1-2H3,(H,21,22,23). The summed E-state index contributed by atoms with van der Waals surface area (Å²) in [5.74, 6) is 5.10. The molecule has 2 aromatic rings. The van der Waals surface area contributed by atoms with Crippen LogP contribution in [-0.2, 0) is 0 Å². The Kier molecular flexibility index (Phi) is 4.36. The zero-order chi connectivity index (χ0) is 17.4. The van der Waals surface area contributed by atoms with Crippen molar-refractivity contribution in [2.45, 2.75) is 38.6 Å². The molecule has 25 heavy (non-hydrogen) atoms. The van der Waals surface area contributed by atoms with Crippen LogP contribution in [0.4, 0.5) is 5.82 Å². The minimum Gasteiger partial charge on any atom is -0.356 e. The van der Waals surface area contributed by atoms with Crippen molar-refractivity contribution in [2.24, 2.45) is 17.3 Å². The maximum Gasteiger partial charge on any atom is 0.142 e. The maximum absolute atomic E-state index is 9.08. The summed E-state index contributed by atoms with van der Waals surface area (Å²) in [5, 5.41) is 10.2. The Morgan fingerprint density at radius 1 is 1.32 bits per heavy atom. The van der Waals surface area contributed by atoms with Crippen LogP contribution in [0.3, 0.4) is 0 Å². The monoisotopic (exact) mass is 355 g/mol. The topological polar surface area (TPSA) is 68.6 Å². The second-order valence-corrected chi connectivity index (χ2v) is 9.10. The van der Waals surface area contributed by atoms with Crippen LogP contribution in [0.1, 0.15) is 32.6 Å². The molecule has 0 saturated heterocycles. The maximum atomic E-state index is 9.08. The summed E-state index contributed by atoms with van der Waals surface area (Å²) in [6.07, 6.45) is 8.25. The molecule has 0 radical (unpaired) electrons. The minimum atomic E-state index is -0.0311. The van der Waals surface area contributed by atoms with E-state index in [2.05, 4.69) is 57.7 Å². The van der Waals surface area contributed by atoms with Gasteiger partial charge in [-0.05, 0) is 62.0 Å². The van der Waals surface area contributed by atoms with E-state index in [-0.39, 0.29) is 5.41 Å². The summed E-state index contributed by atoms with van der Waals surface area (Å²) in [6, 6.07) is 5.09. The van der Waals surface area contributed by atoms with Crippen molar-refractivity contribution in [1.82, 2.24) is 15.0 Å². The van der Waals surface area contributed by atoms with Crippen LogP contribution in [-0.4, -0.2) is 39.5 Å². The largest absolute Gasteiger partial charge is 0.356 e. The molecule has 4 rings (SSSR count). The average Bonchev–Trinajstić information content (AvgIpc) is 3.02. The molecule has 0 atom stereocenters. The number of hydrogen-bond acceptors (Lipinski definition) is 5. The number of nitrogens with zero attached hydrogens (tertiary/aromatic N) is 4. The summed E-state index contributed by atoms with van der Waals surface area (Å²) in [6.45, 7) is 2.09. The van der Waals surface area contributed by atoms with Crippen molar-refractivity contribution in [2.75, 3.05) is 23.5 Å². The number of aromatic nitrogens is 3. The Morgan fingerprint density at radius 2 is 2.08 bits per heavy atom. The average molecular weight is 356 g/mol. The Morgan fingerprint density at radius 3 is 2.84 bits per heavy atom. The van der Waals surface area contributed by atoms with Gasteiger partial charge in [-0.1, -0.05) is 0 Å². The van der Waals surface area contributed by atoms with Crippen molar-refractivity contribution in [3.63, 3.8) is 0 Å². The quantitative estimate of drug-likeness (QED) is 0.852. The van der Waals surface area contributed by atoms with Gasteiger partial charge in [0, 0.05) is 19.3 Å².